The molecule has 0 saturated carbocycles. The number of rotatable bonds is 3. The highest BCUT2D eigenvalue weighted by Gasteiger charge is 2.26. The molecule has 0 bridgehead atoms. The fourth-order valence-electron chi connectivity index (χ4n) is 1.90. The Morgan fingerprint density at radius 3 is 2.87 bits per heavy atom. The van der Waals surface area contributed by atoms with E-state index in [1.807, 2.05) is 18.9 Å². The summed E-state index contributed by atoms with van der Waals surface area (Å²) in [4.78, 5) is 13.6. The van der Waals surface area contributed by atoms with Gasteiger partial charge in [0.05, 0.1) is 5.60 Å². The third kappa shape index (κ3) is 4.18. The summed E-state index contributed by atoms with van der Waals surface area (Å²) < 4.78 is 0. The second kappa shape index (κ2) is 5.47. The zero-order valence-electron chi connectivity index (χ0n) is 9.75. The van der Waals surface area contributed by atoms with Crippen molar-refractivity contribution in [1.29, 1.82) is 0 Å². The predicted molar refractivity (Wildman–Crippen MR) is 59.6 cm³/mol. The molecule has 1 amide bonds. The lowest BCUT2D eigenvalue weighted by molar-refractivity contribution is -0.131. The van der Waals surface area contributed by atoms with Crippen LogP contribution in [0, 0.1) is 0 Å². The highest BCUT2D eigenvalue weighted by Crippen LogP contribution is 2.21. The van der Waals surface area contributed by atoms with E-state index < -0.39 is 5.60 Å². The molecule has 1 unspecified atom stereocenters. The van der Waals surface area contributed by atoms with E-state index in [1.54, 1.807) is 0 Å². The molecule has 1 heterocycles. The zero-order chi connectivity index (χ0) is 11.3. The lowest BCUT2D eigenvalue weighted by Crippen LogP contribution is -2.34. The Balaban J connectivity index is 2.40. The minimum atomic E-state index is -0.585. The fourth-order valence-corrected chi connectivity index (χ4v) is 1.90. The maximum Gasteiger partial charge on any atom is 0.223 e. The average Bonchev–Trinajstić information content (AvgIpc) is 2.36. The van der Waals surface area contributed by atoms with Gasteiger partial charge in [0.1, 0.15) is 0 Å². The van der Waals surface area contributed by atoms with Gasteiger partial charge in [-0.1, -0.05) is 0 Å². The summed E-state index contributed by atoms with van der Waals surface area (Å²) >= 11 is 0. The molecular weight excluding hydrogens is 192 g/mol. The van der Waals surface area contributed by atoms with Crippen molar-refractivity contribution in [3.05, 3.63) is 0 Å². The number of likely N-dealkylation sites (tertiary alicyclic amines) is 1. The molecule has 1 rings (SSSR count). The SMILES string of the molecule is CNCCC(=O)N1CCCC(C)(O)CC1. The molecular formula is C11H22N2O2. The van der Waals surface area contributed by atoms with Crippen LogP contribution in [0.3, 0.4) is 0 Å². The lowest BCUT2D eigenvalue weighted by Gasteiger charge is -2.22. The number of nitrogens with one attached hydrogen (secondary N) is 1. The molecule has 4 nitrogen and oxygen atoms in total. The molecule has 0 aliphatic carbocycles. The van der Waals surface area contributed by atoms with E-state index in [0.717, 1.165) is 25.9 Å². The van der Waals surface area contributed by atoms with Crippen LogP contribution in [-0.4, -0.2) is 48.2 Å². The first kappa shape index (κ1) is 12.5. The molecule has 15 heavy (non-hydrogen) atoms. The van der Waals surface area contributed by atoms with Crippen LogP contribution in [0.15, 0.2) is 0 Å². The Bertz CT molecular complexity index is 217. The van der Waals surface area contributed by atoms with Gasteiger partial charge in [-0.2, -0.15) is 0 Å². The number of carbonyl (C=O) groups excluding carboxylic acids is 1. The van der Waals surface area contributed by atoms with Crippen LogP contribution in [0.2, 0.25) is 0 Å². The molecule has 1 fully saturated rings. The second-order valence-corrected chi connectivity index (χ2v) is 4.58. The summed E-state index contributed by atoms with van der Waals surface area (Å²) in [5.41, 5.74) is -0.585. The van der Waals surface area contributed by atoms with Crippen molar-refractivity contribution in [3.63, 3.8) is 0 Å². The van der Waals surface area contributed by atoms with Crippen LogP contribution in [0.1, 0.15) is 32.6 Å². The van der Waals surface area contributed by atoms with Gasteiger partial charge in [0.2, 0.25) is 5.91 Å². The van der Waals surface area contributed by atoms with E-state index in [2.05, 4.69) is 5.32 Å². The Labute approximate surface area is 91.6 Å². The normalized spacial score (nSPS) is 27.5. The molecule has 0 aromatic carbocycles. The first-order valence-corrected chi connectivity index (χ1v) is 5.70. The summed E-state index contributed by atoms with van der Waals surface area (Å²) in [6, 6.07) is 0. The van der Waals surface area contributed by atoms with Crippen LogP contribution in [0.4, 0.5) is 0 Å². The first-order chi connectivity index (χ1) is 7.05. The van der Waals surface area contributed by atoms with E-state index in [4.69, 9.17) is 0 Å². The smallest absolute Gasteiger partial charge is 0.223 e. The molecule has 2 N–H and O–H groups in total. The monoisotopic (exact) mass is 214 g/mol. The van der Waals surface area contributed by atoms with Gasteiger partial charge in [-0.3, -0.25) is 4.79 Å². The molecule has 88 valence electrons. The molecule has 0 aromatic heterocycles. The highest BCUT2D eigenvalue weighted by molar-refractivity contribution is 5.76. The Hall–Kier alpha value is -0.610. The number of nitrogens with zero attached hydrogens (tertiary/aromatic N) is 1. The van der Waals surface area contributed by atoms with Gasteiger partial charge in [-0.05, 0) is 33.2 Å². The first-order valence-electron chi connectivity index (χ1n) is 5.70. The number of aliphatic hydroxyl groups is 1. The third-order valence-electron chi connectivity index (χ3n) is 3.01. The second-order valence-electron chi connectivity index (χ2n) is 4.58. The Morgan fingerprint density at radius 2 is 2.20 bits per heavy atom. The summed E-state index contributed by atoms with van der Waals surface area (Å²) in [5, 5.41) is 12.9. The maximum atomic E-state index is 11.7. The zero-order valence-corrected chi connectivity index (χ0v) is 9.75. The van der Waals surface area contributed by atoms with Crippen molar-refractivity contribution in [1.82, 2.24) is 10.2 Å². The summed E-state index contributed by atoms with van der Waals surface area (Å²) in [6.07, 6.45) is 2.94. The van der Waals surface area contributed by atoms with Crippen molar-refractivity contribution in [2.24, 2.45) is 0 Å². The van der Waals surface area contributed by atoms with Gasteiger partial charge in [-0.15, -0.1) is 0 Å². The topological polar surface area (TPSA) is 52.6 Å². The highest BCUT2D eigenvalue weighted by atomic mass is 16.3. The predicted octanol–water partition coefficient (Wildman–Crippen LogP) is 0.359. The number of hydrogen-bond donors (Lipinski definition) is 2. The van der Waals surface area contributed by atoms with E-state index in [0.29, 0.717) is 19.4 Å². The van der Waals surface area contributed by atoms with Crippen LogP contribution in [0.5, 0.6) is 0 Å². The van der Waals surface area contributed by atoms with Crippen LogP contribution in [-0.2, 0) is 4.79 Å². The van der Waals surface area contributed by atoms with E-state index in [-0.39, 0.29) is 5.91 Å². The van der Waals surface area contributed by atoms with Crippen molar-refractivity contribution in [2.45, 2.75) is 38.2 Å². The maximum absolute atomic E-state index is 11.7. The van der Waals surface area contributed by atoms with Gasteiger partial charge in [0.15, 0.2) is 0 Å². The van der Waals surface area contributed by atoms with Gasteiger partial charge >= 0.3 is 0 Å². The van der Waals surface area contributed by atoms with Gasteiger partial charge in [-0.25, -0.2) is 0 Å². The fraction of sp³-hybridized carbons (Fsp3) is 0.909. The van der Waals surface area contributed by atoms with Crippen molar-refractivity contribution in [2.75, 3.05) is 26.7 Å². The molecule has 4 heteroatoms. The molecule has 1 aliphatic rings. The van der Waals surface area contributed by atoms with Crippen molar-refractivity contribution < 1.29 is 9.90 Å². The average molecular weight is 214 g/mol. The van der Waals surface area contributed by atoms with E-state index in [1.165, 1.54) is 0 Å². The summed E-state index contributed by atoms with van der Waals surface area (Å²) in [6.45, 7) is 4.06. The van der Waals surface area contributed by atoms with Crippen molar-refractivity contribution >= 4 is 5.91 Å². The Kier molecular flexibility index (Phi) is 4.54. The minimum Gasteiger partial charge on any atom is -0.390 e. The molecule has 0 aromatic rings. The number of amides is 1. The standard InChI is InChI=1S/C11H22N2O2/c1-11(15)5-3-8-13(9-6-11)10(14)4-7-12-2/h12,15H,3-9H2,1-2H3. The summed E-state index contributed by atoms with van der Waals surface area (Å²) in [5.74, 6) is 0.196. The largest absolute Gasteiger partial charge is 0.390 e. The van der Waals surface area contributed by atoms with Crippen LogP contribution >= 0.6 is 0 Å². The minimum absolute atomic E-state index is 0.196. The van der Waals surface area contributed by atoms with Crippen LogP contribution < -0.4 is 5.32 Å². The van der Waals surface area contributed by atoms with Gasteiger partial charge in [0.25, 0.3) is 0 Å². The Morgan fingerprint density at radius 1 is 1.47 bits per heavy atom. The van der Waals surface area contributed by atoms with Crippen LogP contribution in [0.25, 0.3) is 0 Å². The quantitative estimate of drug-likeness (QED) is 0.713. The molecule has 0 radical (unpaired) electrons. The summed E-state index contributed by atoms with van der Waals surface area (Å²) in [7, 11) is 1.85. The lowest BCUT2D eigenvalue weighted by atomic mass is 9.98. The van der Waals surface area contributed by atoms with Crippen molar-refractivity contribution in [3.8, 4) is 0 Å². The molecule has 0 spiro atoms. The molecule has 1 atom stereocenters. The van der Waals surface area contributed by atoms with E-state index >= 15 is 0 Å². The number of carbonyl (C=O) groups is 1. The number of hydrogen-bond acceptors (Lipinski definition) is 3. The molecule has 1 aliphatic heterocycles. The van der Waals surface area contributed by atoms with Gasteiger partial charge < -0.3 is 15.3 Å². The molecule has 1 saturated heterocycles. The van der Waals surface area contributed by atoms with E-state index in [9.17, 15) is 9.90 Å². The third-order valence-corrected chi connectivity index (χ3v) is 3.01. The van der Waals surface area contributed by atoms with Gasteiger partial charge in [0, 0.05) is 26.1 Å².